The highest BCUT2D eigenvalue weighted by molar-refractivity contribution is 9.08. The molecular formula is C14H13BrFNS. The highest BCUT2D eigenvalue weighted by atomic mass is 79.9. The summed E-state index contributed by atoms with van der Waals surface area (Å²) in [7, 11) is 0. The van der Waals surface area contributed by atoms with E-state index < -0.39 is 0 Å². The molecule has 1 aliphatic rings. The fraction of sp³-hybridized carbons (Fsp3) is 0.357. The molecule has 1 aromatic carbocycles. The minimum atomic E-state index is -0.186. The lowest BCUT2D eigenvalue weighted by molar-refractivity contribution is 0.626. The summed E-state index contributed by atoms with van der Waals surface area (Å²) in [6.45, 7) is 0. The van der Waals surface area contributed by atoms with Crippen molar-refractivity contribution in [2.45, 2.75) is 31.0 Å². The Morgan fingerprint density at radius 3 is 2.89 bits per heavy atom. The molecule has 0 N–H and O–H groups in total. The number of nitrogens with zero attached hydrogens (tertiary/aromatic N) is 1. The van der Waals surface area contributed by atoms with Crippen LogP contribution in [0.4, 0.5) is 4.39 Å². The number of alkyl halides is 1. The van der Waals surface area contributed by atoms with Crippen molar-refractivity contribution in [1.82, 2.24) is 4.98 Å². The Hall–Kier alpha value is -0.740. The van der Waals surface area contributed by atoms with Crippen LogP contribution < -0.4 is 0 Å². The predicted molar refractivity (Wildman–Crippen MR) is 76.8 cm³/mol. The van der Waals surface area contributed by atoms with Gasteiger partial charge in [-0.25, -0.2) is 9.37 Å². The Morgan fingerprint density at radius 2 is 2.11 bits per heavy atom. The van der Waals surface area contributed by atoms with Crippen molar-refractivity contribution in [2.24, 2.45) is 0 Å². The Morgan fingerprint density at radius 1 is 1.28 bits per heavy atom. The Bertz CT molecular complexity index is 556. The Balaban J connectivity index is 2.06. The molecule has 0 saturated carbocycles. The van der Waals surface area contributed by atoms with E-state index in [2.05, 4.69) is 15.9 Å². The molecule has 4 heteroatoms. The summed E-state index contributed by atoms with van der Waals surface area (Å²) >= 11 is 5.19. The van der Waals surface area contributed by atoms with Crippen molar-refractivity contribution in [1.29, 1.82) is 0 Å². The molecule has 0 aliphatic heterocycles. The third kappa shape index (κ3) is 2.24. The van der Waals surface area contributed by atoms with Crippen molar-refractivity contribution in [3.63, 3.8) is 0 Å². The maximum atomic E-state index is 13.2. The number of aryl methyl sites for hydroxylation is 2. The Labute approximate surface area is 118 Å². The lowest BCUT2D eigenvalue weighted by Crippen LogP contribution is -1.99. The zero-order valence-electron chi connectivity index (χ0n) is 9.88. The number of fused-ring (bicyclic) bond motifs is 1. The first-order chi connectivity index (χ1) is 8.78. The summed E-state index contributed by atoms with van der Waals surface area (Å²) in [5.41, 5.74) is 3.29. The number of benzene rings is 1. The van der Waals surface area contributed by atoms with Gasteiger partial charge < -0.3 is 0 Å². The standard InChI is InChI=1S/C14H13BrFNS/c15-8-9-7-10(16)5-6-11(9)14-17-12-3-1-2-4-13(12)18-14/h5-7H,1-4,8H2. The lowest BCUT2D eigenvalue weighted by atomic mass is 10.0. The van der Waals surface area contributed by atoms with Crippen LogP contribution in [0.15, 0.2) is 18.2 Å². The molecule has 0 atom stereocenters. The van der Waals surface area contributed by atoms with Gasteiger partial charge in [-0.1, -0.05) is 15.9 Å². The van der Waals surface area contributed by atoms with Gasteiger partial charge in [-0.05, 0) is 49.4 Å². The molecule has 94 valence electrons. The van der Waals surface area contributed by atoms with Crippen LogP contribution in [0.25, 0.3) is 10.6 Å². The molecule has 3 rings (SSSR count). The third-order valence-corrected chi connectivity index (χ3v) is 5.08. The number of hydrogen-bond acceptors (Lipinski definition) is 2. The highest BCUT2D eigenvalue weighted by Crippen LogP contribution is 2.35. The quantitative estimate of drug-likeness (QED) is 0.728. The summed E-state index contributed by atoms with van der Waals surface area (Å²) in [6, 6.07) is 4.95. The number of halogens is 2. The van der Waals surface area contributed by atoms with E-state index in [0.717, 1.165) is 29.0 Å². The van der Waals surface area contributed by atoms with Crippen LogP contribution >= 0.6 is 27.3 Å². The monoisotopic (exact) mass is 325 g/mol. The first-order valence-electron chi connectivity index (χ1n) is 6.11. The average Bonchev–Trinajstić information content (AvgIpc) is 2.82. The third-order valence-electron chi connectivity index (χ3n) is 3.29. The first kappa shape index (κ1) is 12.3. The van der Waals surface area contributed by atoms with Gasteiger partial charge in [-0.15, -0.1) is 11.3 Å². The zero-order chi connectivity index (χ0) is 12.5. The smallest absolute Gasteiger partial charge is 0.124 e. The van der Waals surface area contributed by atoms with Gasteiger partial charge in [0.05, 0.1) is 5.69 Å². The Kier molecular flexibility index (Phi) is 3.48. The summed E-state index contributed by atoms with van der Waals surface area (Å²) in [5.74, 6) is -0.186. The van der Waals surface area contributed by atoms with Crippen LogP contribution in [0.5, 0.6) is 0 Å². The van der Waals surface area contributed by atoms with E-state index in [9.17, 15) is 4.39 Å². The average molecular weight is 326 g/mol. The molecule has 0 bridgehead atoms. The largest absolute Gasteiger partial charge is 0.241 e. The van der Waals surface area contributed by atoms with Gasteiger partial charge in [0.15, 0.2) is 0 Å². The summed E-state index contributed by atoms with van der Waals surface area (Å²) in [6.07, 6.45) is 4.75. The van der Waals surface area contributed by atoms with Crippen molar-refractivity contribution in [3.05, 3.63) is 40.2 Å². The van der Waals surface area contributed by atoms with Crippen LogP contribution in [-0.4, -0.2) is 4.98 Å². The number of thiazole rings is 1. The summed E-state index contributed by atoms with van der Waals surface area (Å²) < 4.78 is 13.2. The molecule has 0 saturated heterocycles. The fourth-order valence-electron chi connectivity index (χ4n) is 2.35. The van der Waals surface area contributed by atoms with E-state index >= 15 is 0 Å². The van der Waals surface area contributed by atoms with Gasteiger partial charge in [0.1, 0.15) is 10.8 Å². The van der Waals surface area contributed by atoms with Crippen LogP contribution in [-0.2, 0) is 18.2 Å². The van der Waals surface area contributed by atoms with Gasteiger partial charge in [0, 0.05) is 15.8 Å². The number of aromatic nitrogens is 1. The molecule has 1 aromatic heterocycles. The molecule has 2 aromatic rings. The van der Waals surface area contributed by atoms with E-state index in [4.69, 9.17) is 4.98 Å². The second kappa shape index (κ2) is 5.10. The van der Waals surface area contributed by atoms with E-state index in [1.165, 1.54) is 29.5 Å². The molecule has 1 nitrogen and oxygen atoms in total. The van der Waals surface area contributed by atoms with Crippen LogP contribution in [0.1, 0.15) is 29.0 Å². The zero-order valence-corrected chi connectivity index (χ0v) is 12.3. The summed E-state index contributed by atoms with van der Waals surface area (Å²) in [5, 5.41) is 1.70. The molecule has 0 amide bonds. The molecule has 1 aliphatic carbocycles. The van der Waals surface area contributed by atoms with Crippen molar-refractivity contribution >= 4 is 27.3 Å². The predicted octanol–water partition coefficient (Wildman–Crippen LogP) is 4.72. The number of hydrogen-bond donors (Lipinski definition) is 0. The maximum absolute atomic E-state index is 13.2. The fourth-order valence-corrected chi connectivity index (χ4v) is 4.02. The normalized spacial score (nSPS) is 14.6. The molecule has 0 radical (unpaired) electrons. The molecule has 1 heterocycles. The molecule has 18 heavy (non-hydrogen) atoms. The molecule has 0 unspecified atom stereocenters. The van der Waals surface area contributed by atoms with Gasteiger partial charge >= 0.3 is 0 Å². The minimum Gasteiger partial charge on any atom is -0.241 e. The van der Waals surface area contributed by atoms with Gasteiger partial charge in [-0.2, -0.15) is 0 Å². The van der Waals surface area contributed by atoms with Crippen molar-refractivity contribution in [3.8, 4) is 10.6 Å². The maximum Gasteiger partial charge on any atom is 0.124 e. The highest BCUT2D eigenvalue weighted by Gasteiger charge is 2.17. The van der Waals surface area contributed by atoms with E-state index in [0.29, 0.717) is 5.33 Å². The second-order valence-corrected chi connectivity index (χ2v) is 6.18. The first-order valence-corrected chi connectivity index (χ1v) is 8.05. The van der Waals surface area contributed by atoms with Crippen LogP contribution in [0, 0.1) is 5.82 Å². The van der Waals surface area contributed by atoms with Crippen molar-refractivity contribution in [2.75, 3.05) is 0 Å². The van der Waals surface area contributed by atoms with Crippen LogP contribution in [0.2, 0.25) is 0 Å². The van der Waals surface area contributed by atoms with E-state index in [1.54, 1.807) is 17.4 Å². The topological polar surface area (TPSA) is 12.9 Å². The molecule has 0 fully saturated rings. The summed E-state index contributed by atoms with van der Waals surface area (Å²) in [4.78, 5) is 6.15. The lowest BCUT2D eigenvalue weighted by Gasteiger charge is -2.06. The van der Waals surface area contributed by atoms with Crippen LogP contribution in [0.3, 0.4) is 0 Å². The minimum absolute atomic E-state index is 0.186. The van der Waals surface area contributed by atoms with E-state index in [-0.39, 0.29) is 5.82 Å². The SMILES string of the molecule is Fc1ccc(-c2nc3c(s2)CCCC3)c(CBr)c1. The molecular weight excluding hydrogens is 313 g/mol. The van der Waals surface area contributed by atoms with Gasteiger partial charge in [0.2, 0.25) is 0 Å². The van der Waals surface area contributed by atoms with E-state index in [1.807, 2.05) is 6.07 Å². The second-order valence-electron chi connectivity index (χ2n) is 4.53. The molecule has 0 spiro atoms. The number of rotatable bonds is 2. The van der Waals surface area contributed by atoms with Gasteiger partial charge in [0.25, 0.3) is 0 Å². The van der Waals surface area contributed by atoms with Gasteiger partial charge in [-0.3, -0.25) is 0 Å². The van der Waals surface area contributed by atoms with Crippen molar-refractivity contribution < 1.29 is 4.39 Å².